The predicted octanol–water partition coefficient (Wildman–Crippen LogP) is 4.84. The molecule has 0 radical (unpaired) electrons. The molecule has 3 aromatic rings. The third-order valence-electron chi connectivity index (χ3n) is 4.17. The van der Waals surface area contributed by atoms with Gasteiger partial charge in [-0.15, -0.1) is 11.8 Å². The molecule has 0 fully saturated rings. The SMILES string of the molecule is CCOC(=O)Cn1c(=NC(=O)CCSc2ccccc2)sc2ccc(Cl)c(C)c21. The van der Waals surface area contributed by atoms with Gasteiger partial charge in [-0.25, -0.2) is 0 Å². The molecule has 0 unspecified atom stereocenters. The number of ether oxygens (including phenoxy) is 1. The van der Waals surface area contributed by atoms with Gasteiger partial charge in [-0.05, 0) is 43.7 Å². The first-order valence-electron chi connectivity index (χ1n) is 9.19. The van der Waals surface area contributed by atoms with Gasteiger partial charge < -0.3 is 9.30 Å². The lowest BCUT2D eigenvalue weighted by atomic mass is 10.2. The summed E-state index contributed by atoms with van der Waals surface area (Å²) in [6, 6.07) is 13.6. The zero-order valence-corrected chi connectivity index (χ0v) is 18.6. The second kappa shape index (κ2) is 10.1. The molecule has 2 aromatic carbocycles. The summed E-state index contributed by atoms with van der Waals surface area (Å²) in [5, 5.41) is 0.602. The molecule has 3 rings (SSSR count). The van der Waals surface area contributed by atoms with E-state index in [0.717, 1.165) is 20.7 Å². The Balaban J connectivity index is 1.87. The van der Waals surface area contributed by atoms with Crippen molar-refractivity contribution in [2.24, 2.45) is 4.99 Å². The highest BCUT2D eigenvalue weighted by molar-refractivity contribution is 7.99. The van der Waals surface area contributed by atoms with Crippen LogP contribution >= 0.6 is 34.7 Å². The fraction of sp³-hybridized carbons (Fsp3) is 0.286. The smallest absolute Gasteiger partial charge is 0.326 e. The number of nitrogens with zero attached hydrogens (tertiary/aromatic N) is 2. The molecule has 0 saturated heterocycles. The van der Waals surface area contributed by atoms with Crippen molar-refractivity contribution in [1.82, 2.24) is 4.57 Å². The number of aromatic nitrogens is 1. The van der Waals surface area contributed by atoms with Crippen LogP contribution in [0, 0.1) is 6.92 Å². The zero-order valence-electron chi connectivity index (χ0n) is 16.2. The summed E-state index contributed by atoms with van der Waals surface area (Å²) >= 11 is 9.26. The Morgan fingerprint density at radius 3 is 2.69 bits per heavy atom. The maximum atomic E-state index is 12.5. The Bertz CT molecular complexity index is 1090. The van der Waals surface area contributed by atoms with Crippen LogP contribution in [0.3, 0.4) is 0 Å². The summed E-state index contributed by atoms with van der Waals surface area (Å²) < 4.78 is 7.73. The summed E-state index contributed by atoms with van der Waals surface area (Å²) in [5.74, 6) is 0.0430. The van der Waals surface area contributed by atoms with E-state index in [9.17, 15) is 9.59 Å². The van der Waals surface area contributed by atoms with Crippen LogP contribution in [0.1, 0.15) is 18.9 Å². The van der Waals surface area contributed by atoms with Gasteiger partial charge in [0.05, 0.1) is 16.8 Å². The fourth-order valence-electron chi connectivity index (χ4n) is 2.82. The minimum atomic E-state index is -0.375. The van der Waals surface area contributed by atoms with Crippen LogP contribution in [0.25, 0.3) is 10.2 Å². The highest BCUT2D eigenvalue weighted by atomic mass is 35.5. The lowest BCUT2D eigenvalue weighted by Crippen LogP contribution is -2.23. The molecule has 0 saturated carbocycles. The first-order valence-corrected chi connectivity index (χ1v) is 11.4. The molecule has 5 nitrogen and oxygen atoms in total. The Morgan fingerprint density at radius 1 is 1.21 bits per heavy atom. The molecule has 0 bridgehead atoms. The van der Waals surface area contributed by atoms with E-state index in [-0.39, 0.29) is 18.4 Å². The van der Waals surface area contributed by atoms with Crippen LogP contribution in [-0.2, 0) is 20.9 Å². The van der Waals surface area contributed by atoms with Gasteiger partial charge in [0.15, 0.2) is 4.80 Å². The second-order valence-electron chi connectivity index (χ2n) is 6.21. The number of aryl methyl sites for hydroxylation is 1. The van der Waals surface area contributed by atoms with Crippen molar-refractivity contribution in [3.63, 3.8) is 0 Å². The number of hydrogen-bond donors (Lipinski definition) is 0. The average Bonchev–Trinajstić information content (AvgIpc) is 3.03. The van der Waals surface area contributed by atoms with E-state index in [4.69, 9.17) is 16.3 Å². The van der Waals surface area contributed by atoms with Crippen molar-refractivity contribution in [3.05, 3.63) is 57.9 Å². The lowest BCUT2D eigenvalue weighted by molar-refractivity contribution is -0.143. The maximum absolute atomic E-state index is 12.5. The van der Waals surface area contributed by atoms with E-state index in [0.29, 0.717) is 28.6 Å². The third kappa shape index (κ3) is 5.50. The number of amides is 1. The summed E-state index contributed by atoms with van der Waals surface area (Å²) in [7, 11) is 0. The third-order valence-corrected chi connectivity index (χ3v) is 6.64. The molecule has 1 aromatic heterocycles. The van der Waals surface area contributed by atoms with E-state index in [2.05, 4.69) is 4.99 Å². The second-order valence-corrected chi connectivity index (χ2v) is 8.80. The number of thioether (sulfide) groups is 1. The summed E-state index contributed by atoms with van der Waals surface area (Å²) in [4.78, 5) is 30.5. The van der Waals surface area contributed by atoms with Crippen LogP contribution in [-0.4, -0.2) is 28.8 Å². The van der Waals surface area contributed by atoms with Gasteiger partial charge >= 0.3 is 5.97 Å². The fourth-order valence-corrected chi connectivity index (χ4v) is 4.94. The molecule has 29 heavy (non-hydrogen) atoms. The number of benzene rings is 2. The Morgan fingerprint density at radius 2 is 1.97 bits per heavy atom. The lowest BCUT2D eigenvalue weighted by Gasteiger charge is -2.08. The number of fused-ring (bicyclic) bond motifs is 1. The Hall–Kier alpha value is -2.09. The molecule has 1 heterocycles. The predicted molar refractivity (Wildman–Crippen MR) is 119 cm³/mol. The first kappa shape index (κ1) is 21.6. The van der Waals surface area contributed by atoms with Gasteiger partial charge in [-0.2, -0.15) is 4.99 Å². The van der Waals surface area contributed by atoms with Gasteiger partial charge in [0.1, 0.15) is 6.54 Å². The largest absolute Gasteiger partial charge is 0.465 e. The molecule has 0 spiro atoms. The van der Waals surface area contributed by atoms with Gasteiger partial charge in [-0.3, -0.25) is 9.59 Å². The van der Waals surface area contributed by atoms with Gasteiger partial charge in [-0.1, -0.05) is 41.1 Å². The number of hydrogen-bond acceptors (Lipinski definition) is 5. The average molecular weight is 449 g/mol. The topological polar surface area (TPSA) is 60.7 Å². The molecule has 0 aliphatic rings. The number of rotatable bonds is 7. The first-order chi connectivity index (χ1) is 14.0. The van der Waals surface area contributed by atoms with Gasteiger partial charge in [0.2, 0.25) is 5.91 Å². The normalized spacial score (nSPS) is 11.8. The Labute approximate surface area is 182 Å². The van der Waals surface area contributed by atoms with Crippen molar-refractivity contribution in [1.29, 1.82) is 0 Å². The van der Waals surface area contributed by atoms with E-state index in [1.54, 1.807) is 23.3 Å². The number of thiazole rings is 1. The molecule has 0 aliphatic heterocycles. The van der Waals surface area contributed by atoms with Crippen LogP contribution in [0.5, 0.6) is 0 Å². The van der Waals surface area contributed by atoms with Crippen molar-refractivity contribution in [2.75, 3.05) is 12.4 Å². The molecular weight excluding hydrogens is 428 g/mol. The monoisotopic (exact) mass is 448 g/mol. The number of esters is 1. The van der Waals surface area contributed by atoms with Crippen LogP contribution in [0.2, 0.25) is 5.02 Å². The molecular formula is C21H21ClN2O3S2. The minimum Gasteiger partial charge on any atom is -0.465 e. The van der Waals surface area contributed by atoms with Crippen molar-refractivity contribution in [2.45, 2.75) is 31.7 Å². The summed E-state index contributed by atoms with van der Waals surface area (Å²) in [5.41, 5.74) is 1.65. The van der Waals surface area contributed by atoms with Crippen molar-refractivity contribution in [3.8, 4) is 0 Å². The maximum Gasteiger partial charge on any atom is 0.326 e. The molecule has 0 aliphatic carbocycles. The summed E-state index contributed by atoms with van der Waals surface area (Å²) in [6.07, 6.45) is 0.312. The number of carbonyl (C=O) groups excluding carboxylic acids is 2. The van der Waals surface area contributed by atoms with E-state index in [1.165, 1.54) is 11.3 Å². The Kier molecular flexibility index (Phi) is 7.52. The highest BCUT2D eigenvalue weighted by Crippen LogP contribution is 2.27. The molecule has 8 heteroatoms. The van der Waals surface area contributed by atoms with Crippen LogP contribution in [0.15, 0.2) is 52.4 Å². The molecule has 0 N–H and O–H groups in total. The van der Waals surface area contributed by atoms with Crippen molar-refractivity contribution >= 4 is 56.8 Å². The highest BCUT2D eigenvalue weighted by Gasteiger charge is 2.15. The van der Waals surface area contributed by atoms with E-state index < -0.39 is 0 Å². The molecule has 1 amide bonds. The van der Waals surface area contributed by atoms with Gasteiger partial charge in [0, 0.05) is 22.1 Å². The minimum absolute atomic E-state index is 0.0140. The molecule has 0 atom stereocenters. The summed E-state index contributed by atoms with van der Waals surface area (Å²) in [6.45, 7) is 3.93. The zero-order chi connectivity index (χ0) is 20.8. The van der Waals surface area contributed by atoms with Crippen LogP contribution in [0.4, 0.5) is 0 Å². The van der Waals surface area contributed by atoms with Gasteiger partial charge in [0.25, 0.3) is 0 Å². The molecule has 152 valence electrons. The van der Waals surface area contributed by atoms with E-state index >= 15 is 0 Å². The number of carbonyl (C=O) groups is 2. The standard InChI is InChI=1S/C21H21ClN2O3S2/c1-3-27-19(26)13-24-20-14(2)16(22)9-10-17(20)29-21(24)23-18(25)11-12-28-15-7-5-4-6-8-15/h4-10H,3,11-13H2,1-2H3. The van der Waals surface area contributed by atoms with Crippen molar-refractivity contribution < 1.29 is 14.3 Å². The van der Waals surface area contributed by atoms with Crippen LogP contribution < -0.4 is 4.80 Å². The van der Waals surface area contributed by atoms with E-state index in [1.807, 2.05) is 49.4 Å². The quantitative estimate of drug-likeness (QED) is 0.383. The number of halogens is 1.